The van der Waals surface area contributed by atoms with E-state index in [0.717, 1.165) is 0 Å². The van der Waals surface area contributed by atoms with Gasteiger partial charge in [-0.2, -0.15) is 0 Å². The Hall–Kier alpha value is -2.30. The Morgan fingerprint density at radius 3 is 2.65 bits per heavy atom. The van der Waals surface area contributed by atoms with Gasteiger partial charge in [-0.1, -0.05) is 32.1 Å². The molecule has 0 radical (unpaired) electrons. The molecule has 0 heterocycles. The second kappa shape index (κ2) is 7.99. The zero-order valence-electron chi connectivity index (χ0n) is 12.0. The average Bonchev–Trinajstić information content (AvgIpc) is 2.39. The number of anilines is 1. The molecule has 0 aliphatic heterocycles. The van der Waals surface area contributed by atoms with Crippen LogP contribution in [-0.2, 0) is 4.74 Å². The van der Waals surface area contributed by atoms with E-state index in [9.17, 15) is 9.59 Å². The summed E-state index contributed by atoms with van der Waals surface area (Å²) >= 11 is 0. The van der Waals surface area contributed by atoms with Gasteiger partial charge in [0.2, 0.25) is 0 Å². The van der Waals surface area contributed by atoms with Crippen LogP contribution in [0, 0.1) is 5.92 Å². The third kappa shape index (κ3) is 5.14. The Morgan fingerprint density at radius 1 is 1.30 bits per heavy atom. The number of esters is 1. The molecule has 20 heavy (non-hydrogen) atoms. The average molecular weight is 276 g/mol. The van der Waals surface area contributed by atoms with Gasteiger partial charge in [0.05, 0.1) is 17.9 Å². The lowest BCUT2D eigenvalue weighted by molar-refractivity contribution is 0.0527. The molecule has 0 atom stereocenters. The number of hydrogen-bond acceptors (Lipinski definition) is 3. The smallest absolute Gasteiger partial charge is 0.340 e. The summed E-state index contributed by atoms with van der Waals surface area (Å²) in [7, 11) is 0. The summed E-state index contributed by atoms with van der Waals surface area (Å²) < 4.78 is 4.94. The zero-order valence-corrected chi connectivity index (χ0v) is 12.0. The van der Waals surface area contributed by atoms with E-state index < -0.39 is 12.0 Å². The molecule has 0 saturated carbocycles. The molecule has 2 amide bonds. The fourth-order valence-corrected chi connectivity index (χ4v) is 1.45. The Kier molecular flexibility index (Phi) is 6.29. The molecule has 0 aliphatic carbocycles. The van der Waals surface area contributed by atoms with Crippen LogP contribution < -0.4 is 10.6 Å². The van der Waals surface area contributed by atoms with Crippen molar-refractivity contribution < 1.29 is 14.3 Å². The van der Waals surface area contributed by atoms with Crippen LogP contribution in [0.1, 0.15) is 31.1 Å². The van der Waals surface area contributed by atoms with Crippen LogP contribution in [0.5, 0.6) is 0 Å². The summed E-state index contributed by atoms with van der Waals surface area (Å²) in [5.41, 5.74) is 0.749. The van der Waals surface area contributed by atoms with E-state index in [4.69, 9.17) is 4.74 Å². The first kappa shape index (κ1) is 15.8. The highest BCUT2D eigenvalue weighted by Crippen LogP contribution is 2.16. The predicted octanol–water partition coefficient (Wildman–Crippen LogP) is 3.15. The lowest BCUT2D eigenvalue weighted by atomic mass is 10.2. The monoisotopic (exact) mass is 276 g/mol. The van der Waals surface area contributed by atoms with Crippen molar-refractivity contribution in [2.45, 2.75) is 20.8 Å². The molecule has 2 N–H and O–H groups in total. The molecule has 108 valence electrons. The molecule has 0 bridgehead atoms. The first-order valence-corrected chi connectivity index (χ1v) is 6.55. The van der Waals surface area contributed by atoms with Crippen LogP contribution >= 0.6 is 0 Å². The summed E-state index contributed by atoms with van der Waals surface area (Å²) in [5.74, 6) is -0.108. The maximum Gasteiger partial charge on any atom is 0.340 e. The Labute approximate surface area is 119 Å². The van der Waals surface area contributed by atoms with Gasteiger partial charge in [-0.05, 0) is 25.0 Å². The molecule has 0 fully saturated rings. The summed E-state index contributed by atoms with van der Waals surface area (Å²) in [5, 5.41) is 5.20. The SMILES string of the molecule is CCOC(=O)c1ccccc1NC(=O)N/C=C/C(C)C. The predicted molar refractivity (Wildman–Crippen MR) is 78.5 cm³/mol. The molecule has 5 nitrogen and oxygen atoms in total. The molecular formula is C15H20N2O3. The van der Waals surface area contributed by atoms with E-state index in [0.29, 0.717) is 17.2 Å². The number of hydrogen-bond donors (Lipinski definition) is 2. The second-order valence-electron chi connectivity index (χ2n) is 4.47. The largest absolute Gasteiger partial charge is 0.462 e. The Balaban J connectivity index is 2.72. The highest BCUT2D eigenvalue weighted by Gasteiger charge is 2.13. The van der Waals surface area contributed by atoms with Gasteiger partial charge in [0.25, 0.3) is 0 Å². The summed E-state index contributed by atoms with van der Waals surface area (Å²) in [6.45, 7) is 6.03. The van der Waals surface area contributed by atoms with Gasteiger partial charge in [0.15, 0.2) is 0 Å². The number of allylic oxidation sites excluding steroid dienone is 1. The van der Waals surface area contributed by atoms with Crippen molar-refractivity contribution in [1.29, 1.82) is 0 Å². The van der Waals surface area contributed by atoms with E-state index in [1.54, 1.807) is 37.4 Å². The fraction of sp³-hybridized carbons (Fsp3) is 0.333. The number of amides is 2. The highest BCUT2D eigenvalue weighted by molar-refractivity contribution is 6.00. The maximum atomic E-state index is 11.7. The third-order valence-corrected chi connectivity index (χ3v) is 2.37. The minimum absolute atomic E-state index is 0.288. The van der Waals surface area contributed by atoms with Gasteiger partial charge in [-0.25, -0.2) is 9.59 Å². The Morgan fingerprint density at radius 2 is 2.00 bits per heavy atom. The molecule has 0 aliphatic rings. The van der Waals surface area contributed by atoms with Gasteiger partial charge in [-0.3, -0.25) is 0 Å². The molecular weight excluding hydrogens is 256 g/mol. The van der Waals surface area contributed by atoms with Gasteiger partial charge in [0.1, 0.15) is 0 Å². The van der Waals surface area contributed by atoms with Crippen LogP contribution in [0.15, 0.2) is 36.5 Å². The molecule has 5 heteroatoms. The number of carbonyl (C=O) groups excluding carboxylic acids is 2. The van der Waals surface area contributed by atoms with Crippen molar-refractivity contribution in [1.82, 2.24) is 5.32 Å². The lowest BCUT2D eigenvalue weighted by Crippen LogP contribution is -2.25. The van der Waals surface area contributed by atoms with Gasteiger partial charge < -0.3 is 15.4 Å². The van der Waals surface area contributed by atoms with Gasteiger partial charge >= 0.3 is 12.0 Å². The maximum absolute atomic E-state index is 11.7. The van der Waals surface area contributed by atoms with E-state index in [1.165, 1.54) is 0 Å². The molecule has 0 saturated heterocycles. The number of urea groups is 1. The van der Waals surface area contributed by atoms with Crippen molar-refractivity contribution in [3.05, 3.63) is 42.1 Å². The number of rotatable bonds is 5. The number of benzene rings is 1. The summed E-state index contributed by atoms with van der Waals surface area (Å²) in [4.78, 5) is 23.4. The van der Waals surface area contributed by atoms with E-state index >= 15 is 0 Å². The Bertz CT molecular complexity index is 496. The van der Waals surface area contributed by atoms with Crippen molar-refractivity contribution >= 4 is 17.7 Å². The number of carbonyl (C=O) groups is 2. The second-order valence-corrected chi connectivity index (χ2v) is 4.47. The van der Waals surface area contributed by atoms with E-state index in [-0.39, 0.29) is 6.61 Å². The third-order valence-electron chi connectivity index (χ3n) is 2.37. The zero-order chi connectivity index (χ0) is 15.0. The topological polar surface area (TPSA) is 67.4 Å². The molecule has 0 unspecified atom stereocenters. The van der Waals surface area contributed by atoms with Crippen molar-refractivity contribution in [3.8, 4) is 0 Å². The molecule has 1 aromatic carbocycles. The fourth-order valence-electron chi connectivity index (χ4n) is 1.45. The normalized spacial score (nSPS) is 10.6. The molecule has 1 rings (SSSR count). The first-order chi connectivity index (χ1) is 9.54. The minimum atomic E-state index is -0.457. The van der Waals surface area contributed by atoms with E-state index in [2.05, 4.69) is 10.6 Å². The molecule has 0 spiro atoms. The summed E-state index contributed by atoms with van der Waals surface area (Å²) in [6, 6.07) is 6.31. The van der Waals surface area contributed by atoms with Crippen molar-refractivity contribution in [3.63, 3.8) is 0 Å². The van der Waals surface area contributed by atoms with Crippen LogP contribution in [0.4, 0.5) is 10.5 Å². The number of para-hydroxylation sites is 1. The van der Waals surface area contributed by atoms with Crippen molar-refractivity contribution in [2.75, 3.05) is 11.9 Å². The van der Waals surface area contributed by atoms with Crippen LogP contribution in [0.3, 0.4) is 0 Å². The number of nitrogens with one attached hydrogen (secondary N) is 2. The van der Waals surface area contributed by atoms with Crippen LogP contribution in [-0.4, -0.2) is 18.6 Å². The minimum Gasteiger partial charge on any atom is -0.462 e. The number of ether oxygens (including phenoxy) is 1. The van der Waals surface area contributed by atoms with Crippen molar-refractivity contribution in [2.24, 2.45) is 5.92 Å². The quantitative estimate of drug-likeness (QED) is 0.812. The lowest BCUT2D eigenvalue weighted by Gasteiger charge is -2.10. The first-order valence-electron chi connectivity index (χ1n) is 6.55. The standard InChI is InChI=1S/C15H20N2O3/c1-4-20-14(18)12-7-5-6-8-13(12)17-15(19)16-10-9-11(2)3/h5-11H,4H2,1-3H3,(H2,16,17,19)/b10-9+. The van der Waals surface area contributed by atoms with E-state index in [1.807, 2.05) is 19.9 Å². The van der Waals surface area contributed by atoms with Gasteiger partial charge in [0, 0.05) is 6.20 Å². The van der Waals surface area contributed by atoms with Crippen LogP contribution in [0.2, 0.25) is 0 Å². The van der Waals surface area contributed by atoms with Crippen LogP contribution in [0.25, 0.3) is 0 Å². The highest BCUT2D eigenvalue weighted by atomic mass is 16.5. The molecule has 0 aromatic heterocycles. The summed E-state index contributed by atoms with van der Waals surface area (Å²) in [6.07, 6.45) is 3.43. The molecule has 1 aromatic rings. The van der Waals surface area contributed by atoms with Gasteiger partial charge in [-0.15, -0.1) is 0 Å².